The number of fused-ring (bicyclic) bond motifs is 1. The van der Waals surface area contributed by atoms with Gasteiger partial charge in [-0.15, -0.1) is 0 Å². The molecule has 0 atom stereocenters. The van der Waals surface area contributed by atoms with E-state index in [0.29, 0.717) is 5.69 Å². The fourth-order valence-electron chi connectivity index (χ4n) is 2.77. The van der Waals surface area contributed by atoms with Crippen molar-refractivity contribution in [3.8, 4) is 17.0 Å². The average Bonchev–Trinajstić information content (AvgIpc) is 2.63. The fraction of sp³-hybridized carbons (Fsp3) is 0.300. The predicted molar refractivity (Wildman–Crippen MR) is 97.8 cm³/mol. The van der Waals surface area contributed by atoms with Crippen LogP contribution in [0.3, 0.4) is 0 Å². The van der Waals surface area contributed by atoms with Crippen molar-refractivity contribution in [3.63, 3.8) is 0 Å². The smallest absolute Gasteiger partial charge is 0.202 e. The van der Waals surface area contributed by atoms with Crippen LogP contribution in [-0.4, -0.2) is 31.3 Å². The van der Waals surface area contributed by atoms with Gasteiger partial charge in [-0.1, -0.05) is 0 Å². The van der Waals surface area contributed by atoms with Gasteiger partial charge in [0, 0.05) is 19.8 Å². The van der Waals surface area contributed by atoms with Crippen molar-refractivity contribution in [1.82, 2.24) is 9.97 Å². The quantitative estimate of drug-likeness (QED) is 0.652. The van der Waals surface area contributed by atoms with Gasteiger partial charge in [0.2, 0.25) is 6.29 Å². The van der Waals surface area contributed by atoms with Gasteiger partial charge in [-0.3, -0.25) is 0 Å². The van der Waals surface area contributed by atoms with E-state index in [1.165, 1.54) is 11.1 Å². The van der Waals surface area contributed by atoms with Gasteiger partial charge in [0.05, 0.1) is 23.8 Å². The van der Waals surface area contributed by atoms with E-state index >= 15 is 0 Å². The normalized spacial score (nSPS) is 11.3. The van der Waals surface area contributed by atoms with E-state index in [-0.39, 0.29) is 0 Å². The minimum atomic E-state index is -0.587. The molecule has 25 heavy (non-hydrogen) atoms. The first-order valence-electron chi connectivity index (χ1n) is 8.06. The highest BCUT2D eigenvalue weighted by atomic mass is 16.7. The van der Waals surface area contributed by atoms with Gasteiger partial charge in [0.1, 0.15) is 11.4 Å². The molecule has 0 amide bonds. The average molecular weight is 338 g/mol. The molecule has 0 radical (unpaired) electrons. The second kappa shape index (κ2) is 7.17. The van der Waals surface area contributed by atoms with E-state index < -0.39 is 6.29 Å². The van der Waals surface area contributed by atoms with E-state index in [4.69, 9.17) is 24.2 Å². The van der Waals surface area contributed by atoms with Crippen LogP contribution in [-0.2, 0) is 9.47 Å². The molecule has 0 saturated heterocycles. The molecule has 2 aromatic carbocycles. The molecule has 0 aliphatic carbocycles. The second-order valence-electron chi connectivity index (χ2n) is 5.91. The van der Waals surface area contributed by atoms with E-state index in [0.717, 1.165) is 28.0 Å². The summed E-state index contributed by atoms with van der Waals surface area (Å²) in [5.41, 5.74) is 6.38. The minimum Gasteiger partial charge on any atom is -0.497 e. The van der Waals surface area contributed by atoms with Crippen LogP contribution in [0, 0.1) is 13.8 Å². The number of hydrogen-bond acceptors (Lipinski definition) is 5. The molecule has 1 aromatic heterocycles. The largest absolute Gasteiger partial charge is 0.497 e. The Bertz CT molecular complexity index is 888. The Balaban J connectivity index is 2.25. The van der Waals surface area contributed by atoms with Gasteiger partial charge in [-0.05, 0) is 61.4 Å². The summed E-state index contributed by atoms with van der Waals surface area (Å²) in [5, 5.41) is 0. The van der Waals surface area contributed by atoms with Crippen LogP contribution in [0.2, 0.25) is 0 Å². The van der Waals surface area contributed by atoms with Crippen LogP contribution >= 0.6 is 0 Å². The molecule has 0 saturated carbocycles. The van der Waals surface area contributed by atoms with Gasteiger partial charge < -0.3 is 14.2 Å². The lowest BCUT2D eigenvalue weighted by atomic mass is 10.1. The van der Waals surface area contributed by atoms with Crippen molar-refractivity contribution >= 4 is 11.0 Å². The van der Waals surface area contributed by atoms with Crippen LogP contribution < -0.4 is 4.74 Å². The maximum atomic E-state index is 5.45. The molecular formula is C20H22N2O3. The van der Waals surface area contributed by atoms with Crippen molar-refractivity contribution < 1.29 is 14.2 Å². The van der Waals surface area contributed by atoms with Crippen LogP contribution in [0.5, 0.6) is 5.75 Å². The number of aromatic nitrogens is 2. The van der Waals surface area contributed by atoms with Crippen molar-refractivity contribution in [1.29, 1.82) is 0 Å². The number of nitrogens with zero attached hydrogens (tertiary/aromatic N) is 2. The monoisotopic (exact) mass is 338 g/mol. The lowest BCUT2D eigenvalue weighted by Gasteiger charge is -2.17. The standard InChI is InChI=1S/C20H22N2O3/c1-12-10-16-17(11-13(12)2)22-19(20(24-4)25-5)18(21-16)14-6-8-15(23-3)9-7-14/h6-11,20H,1-5H3. The Labute approximate surface area is 147 Å². The maximum absolute atomic E-state index is 5.45. The van der Waals surface area contributed by atoms with E-state index in [1.807, 2.05) is 30.3 Å². The first kappa shape index (κ1) is 17.3. The van der Waals surface area contributed by atoms with Gasteiger partial charge in [-0.2, -0.15) is 0 Å². The van der Waals surface area contributed by atoms with Crippen LogP contribution in [0.1, 0.15) is 23.1 Å². The zero-order valence-electron chi connectivity index (χ0n) is 15.2. The van der Waals surface area contributed by atoms with Gasteiger partial charge in [-0.25, -0.2) is 9.97 Å². The van der Waals surface area contributed by atoms with Crippen molar-refractivity contribution in [2.75, 3.05) is 21.3 Å². The summed E-state index contributed by atoms with van der Waals surface area (Å²) in [6, 6.07) is 11.8. The lowest BCUT2D eigenvalue weighted by molar-refractivity contribution is -0.108. The zero-order chi connectivity index (χ0) is 18.0. The summed E-state index contributed by atoms with van der Waals surface area (Å²) >= 11 is 0. The van der Waals surface area contributed by atoms with Crippen molar-refractivity contribution in [2.45, 2.75) is 20.1 Å². The fourth-order valence-corrected chi connectivity index (χ4v) is 2.77. The number of hydrogen-bond donors (Lipinski definition) is 0. The molecule has 0 unspecified atom stereocenters. The van der Waals surface area contributed by atoms with E-state index in [2.05, 4.69) is 19.9 Å². The summed E-state index contributed by atoms with van der Waals surface area (Å²) in [7, 11) is 4.84. The number of aryl methyl sites for hydroxylation is 2. The van der Waals surface area contributed by atoms with Crippen molar-refractivity contribution in [2.24, 2.45) is 0 Å². The van der Waals surface area contributed by atoms with E-state index in [1.54, 1.807) is 21.3 Å². The molecule has 0 bridgehead atoms. The highest BCUT2D eigenvalue weighted by Crippen LogP contribution is 2.31. The van der Waals surface area contributed by atoms with E-state index in [9.17, 15) is 0 Å². The van der Waals surface area contributed by atoms with Gasteiger partial charge in [0.15, 0.2) is 0 Å². The summed E-state index contributed by atoms with van der Waals surface area (Å²) in [5.74, 6) is 0.792. The number of ether oxygens (including phenoxy) is 3. The molecule has 3 aromatic rings. The molecule has 0 aliphatic heterocycles. The predicted octanol–water partition coefficient (Wildman–Crippen LogP) is 4.21. The van der Waals surface area contributed by atoms with Crippen LogP contribution in [0.25, 0.3) is 22.3 Å². The number of rotatable bonds is 5. The maximum Gasteiger partial charge on any atom is 0.202 e. The molecule has 5 heteroatoms. The molecule has 0 spiro atoms. The van der Waals surface area contributed by atoms with Crippen molar-refractivity contribution in [3.05, 3.63) is 53.2 Å². The third-order valence-electron chi connectivity index (χ3n) is 4.32. The zero-order valence-corrected chi connectivity index (χ0v) is 15.2. The molecule has 0 fully saturated rings. The topological polar surface area (TPSA) is 53.5 Å². The molecular weight excluding hydrogens is 316 g/mol. The van der Waals surface area contributed by atoms with Crippen LogP contribution in [0.15, 0.2) is 36.4 Å². The Morgan fingerprint density at radius 3 is 1.88 bits per heavy atom. The Morgan fingerprint density at radius 2 is 1.36 bits per heavy atom. The number of methoxy groups -OCH3 is 3. The summed E-state index contributed by atoms with van der Waals surface area (Å²) < 4.78 is 16.1. The summed E-state index contributed by atoms with van der Waals surface area (Å²) in [4.78, 5) is 9.65. The molecule has 0 N–H and O–H groups in total. The molecule has 5 nitrogen and oxygen atoms in total. The number of benzene rings is 2. The minimum absolute atomic E-state index is 0.587. The third-order valence-corrected chi connectivity index (χ3v) is 4.32. The molecule has 0 aliphatic rings. The first-order chi connectivity index (χ1) is 12.1. The highest BCUT2D eigenvalue weighted by Gasteiger charge is 2.20. The molecule has 130 valence electrons. The Morgan fingerprint density at radius 1 is 0.800 bits per heavy atom. The Hall–Kier alpha value is -2.50. The Kier molecular flexibility index (Phi) is 4.97. The van der Waals surface area contributed by atoms with Gasteiger partial charge >= 0.3 is 0 Å². The summed E-state index contributed by atoms with van der Waals surface area (Å²) in [6.07, 6.45) is -0.587. The third kappa shape index (κ3) is 3.34. The molecule has 3 rings (SSSR count). The lowest BCUT2D eigenvalue weighted by Crippen LogP contribution is -2.10. The first-order valence-corrected chi connectivity index (χ1v) is 8.06. The summed E-state index contributed by atoms with van der Waals surface area (Å²) in [6.45, 7) is 4.14. The SMILES string of the molecule is COc1ccc(-c2nc3cc(C)c(C)cc3nc2C(OC)OC)cc1. The highest BCUT2D eigenvalue weighted by molar-refractivity contribution is 5.80. The van der Waals surface area contributed by atoms with Crippen LogP contribution in [0.4, 0.5) is 0 Å². The van der Waals surface area contributed by atoms with Gasteiger partial charge in [0.25, 0.3) is 0 Å². The molecule has 1 heterocycles. The second-order valence-corrected chi connectivity index (χ2v) is 5.91.